The fraction of sp³-hybridized carbons (Fsp3) is 0.667. The fourth-order valence-corrected chi connectivity index (χ4v) is 2.74. The first-order valence-corrected chi connectivity index (χ1v) is 7.11. The maximum Gasteiger partial charge on any atom is 0.358 e. The van der Waals surface area contributed by atoms with E-state index in [0.29, 0.717) is 18.7 Å². The van der Waals surface area contributed by atoms with E-state index in [4.69, 9.17) is 10.5 Å². The number of rotatable bonds is 4. The van der Waals surface area contributed by atoms with Crippen molar-refractivity contribution >= 4 is 17.3 Å². The highest BCUT2D eigenvalue weighted by Gasteiger charge is 2.22. The fourth-order valence-electron chi connectivity index (χ4n) is 1.96. The summed E-state index contributed by atoms with van der Waals surface area (Å²) in [7, 11) is 2.08. The number of hydrogen-bond acceptors (Lipinski definition) is 6. The van der Waals surface area contributed by atoms with Crippen molar-refractivity contribution in [2.45, 2.75) is 25.4 Å². The number of nitrogens with two attached hydrogens (primary N) is 1. The van der Waals surface area contributed by atoms with Crippen molar-refractivity contribution < 1.29 is 9.53 Å². The molecule has 0 saturated carbocycles. The van der Waals surface area contributed by atoms with E-state index < -0.39 is 0 Å². The van der Waals surface area contributed by atoms with Gasteiger partial charge in [0.05, 0.1) is 5.01 Å². The minimum Gasteiger partial charge on any atom is -0.458 e. The van der Waals surface area contributed by atoms with Crippen LogP contribution in [0.3, 0.4) is 0 Å². The molecule has 2 N–H and O–H groups in total. The SMILES string of the molecule is CN1CCC(OC(=O)c2csc(CCN)n2)CC1. The molecule has 1 aliphatic heterocycles. The first kappa shape index (κ1) is 13.5. The highest BCUT2D eigenvalue weighted by atomic mass is 32.1. The van der Waals surface area contributed by atoms with Crippen LogP contribution in [0.1, 0.15) is 28.3 Å². The van der Waals surface area contributed by atoms with Crippen molar-refractivity contribution in [3.8, 4) is 0 Å². The highest BCUT2D eigenvalue weighted by Crippen LogP contribution is 2.16. The molecule has 0 unspecified atom stereocenters. The molecule has 0 radical (unpaired) electrons. The molecule has 0 aliphatic carbocycles. The van der Waals surface area contributed by atoms with E-state index >= 15 is 0 Å². The van der Waals surface area contributed by atoms with Crippen LogP contribution in [-0.2, 0) is 11.2 Å². The molecule has 0 bridgehead atoms. The van der Waals surface area contributed by atoms with Gasteiger partial charge in [-0.3, -0.25) is 0 Å². The van der Waals surface area contributed by atoms with Gasteiger partial charge in [-0.15, -0.1) is 11.3 Å². The minimum atomic E-state index is -0.302. The minimum absolute atomic E-state index is 0.0355. The van der Waals surface area contributed by atoms with Crippen LogP contribution in [0.15, 0.2) is 5.38 Å². The summed E-state index contributed by atoms with van der Waals surface area (Å²) in [6.45, 7) is 2.51. The smallest absolute Gasteiger partial charge is 0.358 e. The maximum atomic E-state index is 11.9. The van der Waals surface area contributed by atoms with Crippen LogP contribution in [0.25, 0.3) is 0 Å². The second-order valence-electron chi connectivity index (χ2n) is 4.57. The maximum absolute atomic E-state index is 11.9. The summed E-state index contributed by atoms with van der Waals surface area (Å²) < 4.78 is 5.46. The van der Waals surface area contributed by atoms with Crippen molar-refractivity contribution in [1.82, 2.24) is 9.88 Å². The molecule has 1 aromatic rings. The molecule has 0 aromatic carbocycles. The van der Waals surface area contributed by atoms with Crippen molar-refractivity contribution in [3.63, 3.8) is 0 Å². The van der Waals surface area contributed by atoms with Gasteiger partial charge in [-0.1, -0.05) is 0 Å². The van der Waals surface area contributed by atoms with Crippen LogP contribution in [0.5, 0.6) is 0 Å². The quantitative estimate of drug-likeness (QED) is 0.822. The summed E-state index contributed by atoms with van der Waals surface area (Å²) in [6, 6.07) is 0. The number of thiazole rings is 1. The predicted octanol–water partition coefficient (Wildman–Crippen LogP) is 0.895. The van der Waals surface area contributed by atoms with Crippen LogP contribution in [-0.4, -0.2) is 48.6 Å². The van der Waals surface area contributed by atoms with E-state index in [-0.39, 0.29) is 12.1 Å². The molecule has 2 rings (SSSR count). The van der Waals surface area contributed by atoms with E-state index in [9.17, 15) is 4.79 Å². The molecular formula is C12H19N3O2S. The Morgan fingerprint density at radius 1 is 1.61 bits per heavy atom. The third-order valence-corrected chi connectivity index (χ3v) is 3.97. The van der Waals surface area contributed by atoms with E-state index in [0.717, 1.165) is 30.9 Å². The molecule has 0 amide bonds. The molecule has 0 spiro atoms. The highest BCUT2D eigenvalue weighted by molar-refractivity contribution is 7.09. The monoisotopic (exact) mass is 269 g/mol. The number of carbonyl (C=O) groups is 1. The van der Waals surface area contributed by atoms with E-state index in [1.165, 1.54) is 11.3 Å². The van der Waals surface area contributed by atoms with Crippen molar-refractivity contribution in [2.24, 2.45) is 5.73 Å². The summed E-state index contributed by atoms with van der Waals surface area (Å²) >= 11 is 1.46. The number of aromatic nitrogens is 1. The van der Waals surface area contributed by atoms with Gasteiger partial charge in [-0.05, 0) is 26.4 Å². The molecule has 1 aliphatic rings. The Morgan fingerprint density at radius 2 is 2.33 bits per heavy atom. The first-order valence-electron chi connectivity index (χ1n) is 6.23. The average Bonchev–Trinajstić information content (AvgIpc) is 2.81. The van der Waals surface area contributed by atoms with Crippen LogP contribution in [0.4, 0.5) is 0 Å². The molecule has 0 atom stereocenters. The van der Waals surface area contributed by atoms with Crippen LogP contribution >= 0.6 is 11.3 Å². The molecular weight excluding hydrogens is 250 g/mol. The molecule has 1 saturated heterocycles. The van der Waals surface area contributed by atoms with Gasteiger partial charge in [-0.25, -0.2) is 9.78 Å². The summed E-state index contributed by atoms with van der Waals surface area (Å²) in [5.74, 6) is -0.302. The lowest BCUT2D eigenvalue weighted by molar-refractivity contribution is 0.0134. The molecule has 1 fully saturated rings. The zero-order valence-electron chi connectivity index (χ0n) is 10.6. The van der Waals surface area contributed by atoms with Gasteiger partial charge in [0.2, 0.25) is 0 Å². The lowest BCUT2D eigenvalue weighted by Crippen LogP contribution is -2.35. The second kappa shape index (κ2) is 6.26. The van der Waals surface area contributed by atoms with E-state index in [1.54, 1.807) is 5.38 Å². The summed E-state index contributed by atoms with van der Waals surface area (Å²) in [5, 5.41) is 2.65. The van der Waals surface area contributed by atoms with Gasteiger partial charge in [-0.2, -0.15) is 0 Å². The number of esters is 1. The number of ether oxygens (including phenoxy) is 1. The number of hydrogen-bond donors (Lipinski definition) is 1. The van der Waals surface area contributed by atoms with Crippen molar-refractivity contribution in [1.29, 1.82) is 0 Å². The third-order valence-electron chi connectivity index (χ3n) is 3.06. The Balaban J connectivity index is 1.86. The van der Waals surface area contributed by atoms with Gasteiger partial charge in [0.25, 0.3) is 0 Å². The van der Waals surface area contributed by atoms with Crippen molar-refractivity contribution in [2.75, 3.05) is 26.7 Å². The zero-order chi connectivity index (χ0) is 13.0. The molecule has 1 aromatic heterocycles. The average molecular weight is 269 g/mol. The van der Waals surface area contributed by atoms with Gasteiger partial charge in [0.15, 0.2) is 5.69 Å². The Labute approximate surface area is 111 Å². The molecule has 2 heterocycles. The molecule has 6 heteroatoms. The van der Waals surface area contributed by atoms with Gasteiger partial charge < -0.3 is 15.4 Å². The standard InChI is InChI=1S/C12H19N3O2S/c1-15-6-3-9(4-7-15)17-12(16)10-8-18-11(14-10)2-5-13/h8-9H,2-7,13H2,1H3. The van der Waals surface area contributed by atoms with E-state index in [1.807, 2.05) is 0 Å². The first-order chi connectivity index (χ1) is 8.69. The number of likely N-dealkylation sites (tertiary alicyclic amines) is 1. The number of piperidine rings is 1. The lowest BCUT2D eigenvalue weighted by Gasteiger charge is -2.28. The second-order valence-corrected chi connectivity index (χ2v) is 5.52. The summed E-state index contributed by atoms with van der Waals surface area (Å²) in [5.41, 5.74) is 5.87. The van der Waals surface area contributed by atoms with Gasteiger partial charge in [0, 0.05) is 24.9 Å². The number of carbonyl (C=O) groups excluding carboxylic acids is 1. The number of nitrogens with zero attached hydrogens (tertiary/aromatic N) is 2. The Bertz CT molecular complexity index is 400. The zero-order valence-corrected chi connectivity index (χ0v) is 11.4. The molecule has 5 nitrogen and oxygen atoms in total. The van der Waals surface area contributed by atoms with Crippen LogP contribution < -0.4 is 5.73 Å². The molecule has 18 heavy (non-hydrogen) atoms. The normalized spacial score (nSPS) is 17.9. The van der Waals surface area contributed by atoms with E-state index in [2.05, 4.69) is 16.9 Å². The van der Waals surface area contributed by atoms with Gasteiger partial charge >= 0.3 is 5.97 Å². The summed E-state index contributed by atoms with van der Waals surface area (Å²) in [4.78, 5) is 18.4. The van der Waals surface area contributed by atoms with Crippen LogP contribution in [0, 0.1) is 0 Å². The largest absolute Gasteiger partial charge is 0.458 e. The van der Waals surface area contributed by atoms with Crippen molar-refractivity contribution in [3.05, 3.63) is 16.1 Å². The molecule has 100 valence electrons. The Kier molecular flexibility index (Phi) is 4.68. The van der Waals surface area contributed by atoms with Gasteiger partial charge in [0.1, 0.15) is 6.10 Å². The predicted molar refractivity (Wildman–Crippen MR) is 70.8 cm³/mol. The topological polar surface area (TPSA) is 68.5 Å². The third kappa shape index (κ3) is 3.51. The lowest BCUT2D eigenvalue weighted by atomic mass is 10.1. The summed E-state index contributed by atoms with van der Waals surface area (Å²) in [6.07, 6.45) is 2.56. The Hall–Kier alpha value is -0.980. The Morgan fingerprint density at radius 3 is 3.00 bits per heavy atom. The van der Waals surface area contributed by atoms with Crippen LogP contribution in [0.2, 0.25) is 0 Å².